The van der Waals surface area contributed by atoms with Crippen LogP contribution < -0.4 is 10.4 Å². The van der Waals surface area contributed by atoms with E-state index in [1.165, 1.54) is 22.7 Å². The van der Waals surface area contributed by atoms with Crippen LogP contribution in [0.15, 0.2) is 92.5 Å². The van der Waals surface area contributed by atoms with E-state index in [4.69, 9.17) is 13.9 Å². The molecule has 0 bridgehead atoms. The molecule has 0 radical (unpaired) electrons. The van der Waals surface area contributed by atoms with Crippen molar-refractivity contribution >= 4 is 73.2 Å². The highest BCUT2D eigenvalue weighted by atomic mass is 79.9. The Labute approximate surface area is 273 Å². The zero-order chi connectivity index (χ0) is 30.3. The number of aliphatic hydroxyl groups excluding tert-OH is 1. The van der Waals surface area contributed by atoms with Crippen molar-refractivity contribution in [3.63, 3.8) is 0 Å². The molecule has 1 fully saturated rings. The zero-order valence-electron chi connectivity index (χ0n) is 24.2. The Morgan fingerprint density at radius 3 is 1.71 bits per heavy atom. The van der Waals surface area contributed by atoms with Gasteiger partial charge < -0.3 is 24.1 Å². The second-order valence-corrected chi connectivity index (χ2v) is 21.3. The minimum atomic E-state index is -2.92. The molecule has 2 aromatic carbocycles. The molecule has 3 heterocycles. The number of aliphatic hydroxyl groups is 2. The molecular weight excluding hydrogens is 716 g/mol. The fourth-order valence-corrected chi connectivity index (χ4v) is 13.6. The third-order valence-corrected chi connectivity index (χ3v) is 16.2. The molecule has 1 aliphatic heterocycles. The largest absolute Gasteiger partial charge is 0.405 e. The molecule has 224 valence electrons. The lowest BCUT2D eigenvalue weighted by molar-refractivity contribution is -0.168. The van der Waals surface area contributed by atoms with Gasteiger partial charge in [-0.25, -0.2) is 0 Å². The number of rotatable bonds is 9. The SMILES string of the molecule is CC1(C)O[C@H]([C@H](O)CO[Si](c2ccccc2)(c2ccccc2)C(C)(C)C)[C@H](C(O)(c2ccc(Br)s2)c2ccc(Br)s2)O1. The molecule has 0 amide bonds. The predicted molar refractivity (Wildman–Crippen MR) is 180 cm³/mol. The van der Waals surface area contributed by atoms with Crippen molar-refractivity contribution in [2.24, 2.45) is 0 Å². The van der Waals surface area contributed by atoms with E-state index in [-0.39, 0.29) is 11.6 Å². The highest BCUT2D eigenvalue weighted by Gasteiger charge is 2.58. The van der Waals surface area contributed by atoms with Crippen molar-refractivity contribution in [1.29, 1.82) is 0 Å². The Hall–Kier alpha value is -1.18. The van der Waals surface area contributed by atoms with Crippen molar-refractivity contribution in [3.8, 4) is 0 Å². The van der Waals surface area contributed by atoms with Crippen LogP contribution in [0, 0.1) is 0 Å². The highest BCUT2D eigenvalue weighted by molar-refractivity contribution is 9.11. The second-order valence-electron chi connectivity index (χ2n) is 12.0. The minimum absolute atomic E-state index is 0.00619. The number of hydrogen-bond donors (Lipinski definition) is 2. The molecule has 0 saturated carbocycles. The molecule has 3 atom stereocenters. The average molecular weight is 753 g/mol. The van der Waals surface area contributed by atoms with Crippen LogP contribution >= 0.6 is 54.5 Å². The number of thiophene rings is 2. The van der Waals surface area contributed by atoms with E-state index in [2.05, 4.69) is 76.9 Å². The highest BCUT2D eigenvalue weighted by Crippen LogP contribution is 2.49. The maximum atomic E-state index is 12.6. The van der Waals surface area contributed by atoms with E-state index in [0.717, 1.165) is 17.9 Å². The van der Waals surface area contributed by atoms with Crippen LogP contribution in [-0.4, -0.2) is 49.2 Å². The maximum Gasteiger partial charge on any atom is 0.261 e. The second kappa shape index (κ2) is 12.3. The Morgan fingerprint density at radius 1 is 0.833 bits per heavy atom. The lowest BCUT2D eigenvalue weighted by Crippen LogP contribution is -2.67. The van der Waals surface area contributed by atoms with Crippen molar-refractivity contribution < 1.29 is 24.1 Å². The third-order valence-electron chi connectivity index (χ3n) is 7.71. The summed E-state index contributed by atoms with van der Waals surface area (Å²) in [6.07, 6.45) is -2.86. The molecule has 2 N–H and O–H groups in total. The molecule has 5 rings (SSSR count). The summed E-state index contributed by atoms with van der Waals surface area (Å²) in [7, 11) is -2.92. The molecule has 1 aliphatic rings. The monoisotopic (exact) mass is 750 g/mol. The Bertz CT molecular complexity index is 1410. The summed E-state index contributed by atoms with van der Waals surface area (Å²) in [6.45, 7) is 10.2. The van der Waals surface area contributed by atoms with E-state index >= 15 is 0 Å². The first-order chi connectivity index (χ1) is 19.8. The lowest BCUT2D eigenvalue weighted by Gasteiger charge is -2.44. The first-order valence-corrected chi connectivity index (χ1v) is 18.9. The van der Waals surface area contributed by atoms with Gasteiger partial charge in [0.15, 0.2) is 11.4 Å². The van der Waals surface area contributed by atoms with Gasteiger partial charge in [0, 0.05) is 9.75 Å². The standard InChI is InChI=1S/C32H36Br2O5S2Si/c1-30(2,3)42(21-12-8-6-9-13-21,22-14-10-7-11-15-22)37-20-23(35)28-29(39-31(4,5)38-28)32(36,24-16-18-26(33)40-24)25-17-19-27(34)41-25/h6-19,23,28-29,35-36H,20H2,1-5H3/t23-,28-,29-/m1/s1. The quantitative estimate of drug-likeness (QED) is 0.180. The van der Waals surface area contributed by atoms with Gasteiger partial charge in [0.2, 0.25) is 0 Å². The van der Waals surface area contributed by atoms with E-state index in [9.17, 15) is 10.2 Å². The Morgan fingerprint density at radius 2 is 1.31 bits per heavy atom. The van der Waals surface area contributed by atoms with Gasteiger partial charge in [-0.1, -0.05) is 81.4 Å². The summed E-state index contributed by atoms with van der Waals surface area (Å²) < 4.78 is 21.7. The normalized spacial score (nSPS) is 20.1. The smallest absolute Gasteiger partial charge is 0.261 e. The molecule has 0 spiro atoms. The van der Waals surface area contributed by atoms with E-state index < -0.39 is 38.0 Å². The molecule has 0 unspecified atom stereocenters. The minimum Gasteiger partial charge on any atom is -0.405 e. The summed E-state index contributed by atoms with van der Waals surface area (Å²) in [5.41, 5.74) is -1.57. The average Bonchev–Trinajstić information content (AvgIpc) is 3.67. The van der Waals surface area contributed by atoms with Crippen LogP contribution in [0.5, 0.6) is 0 Å². The van der Waals surface area contributed by atoms with Gasteiger partial charge in [0.05, 0.1) is 14.2 Å². The molecule has 4 aromatic rings. The predicted octanol–water partition coefficient (Wildman–Crippen LogP) is 7.03. The van der Waals surface area contributed by atoms with Gasteiger partial charge in [-0.05, 0) is 85.4 Å². The number of halogens is 2. The van der Waals surface area contributed by atoms with Crippen LogP contribution in [0.3, 0.4) is 0 Å². The molecule has 42 heavy (non-hydrogen) atoms. The summed E-state index contributed by atoms with van der Waals surface area (Å²) >= 11 is 9.97. The van der Waals surface area contributed by atoms with Crippen LogP contribution in [0.1, 0.15) is 44.4 Å². The van der Waals surface area contributed by atoms with Crippen LogP contribution in [0.25, 0.3) is 0 Å². The Kier molecular flexibility index (Phi) is 9.44. The van der Waals surface area contributed by atoms with Crippen LogP contribution in [-0.2, 0) is 19.5 Å². The van der Waals surface area contributed by atoms with E-state index in [1.807, 2.05) is 74.5 Å². The lowest BCUT2D eigenvalue weighted by atomic mass is 9.87. The first-order valence-electron chi connectivity index (χ1n) is 13.8. The van der Waals surface area contributed by atoms with Gasteiger partial charge >= 0.3 is 0 Å². The van der Waals surface area contributed by atoms with Crippen molar-refractivity contribution in [1.82, 2.24) is 0 Å². The molecule has 2 aromatic heterocycles. The number of benzene rings is 2. The van der Waals surface area contributed by atoms with Gasteiger partial charge in [-0.2, -0.15) is 0 Å². The summed E-state index contributed by atoms with van der Waals surface area (Å²) in [4.78, 5) is 1.39. The molecule has 10 heteroatoms. The van der Waals surface area contributed by atoms with Crippen molar-refractivity contribution in [3.05, 3.63) is 102 Å². The molecule has 1 saturated heterocycles. The number of ether oxygens (including phenoxy) is 2. The van der Waals surface area contributed by atoms with Gasteiger partial charge in [0.1, 0.15) is 18.3 Å². The Balaban J connectivity index is 1.55. The van der Waals surface area contributed by atoms with Gasteiger partial charge in [-0.3, -0.25) is 0 Å². The van der Waals surface area contributed by atoms with Gasteiger partial charge in [0.25, 0.3) is 8.32 Å². The number of hydrogen-bond acceptors (Lipinski definition) is 7. The maximum absolute atomic E-state index is 12.6. The van der Waals surface area contributed by atoms with Crippen molar-refractivity contribution in [2.45, 2.75) is 69.4 Å². The first kappa shape index (κ1) is 32.2. The topological polar surface area (TPSA) is 68.2 Å². The molecule has 5 nitrogen and oxygen atoms in total. The van der Waals surface area contributed by atoms with Crippen molar-refractivity contribution in [2.75, 3.05) is 6.61 Å². The molecular formula is C32H36Br2O5S2Si. The summed E-state index contributed by atoms with van der Waals surface area (Å²) in [5, 5.41) is 26.5. The molecule has 0 aliphatic carbocycles. The van der Waals surface area contributed by atoms with Gasteiger partial charge in [-0.15, -0.1) is 22.7 Å². The van der Waals surface area contributed by atoms with Crippen LogP contribution in [0.4, 0.5) is 0 Å². The fourth-order valence-electron chi connectivity index (χ4n) is 5.90. The zero-order valence-corrected chi connectivity index (χ0v) is 30.0. The van der Waals surface area contributed by atoms with E-state index in [1.54, 1.807) is 0 Å². The summed E-state index contributed by atoms with van der Waals surface area (Å²) in [5.74, 6) is -1.04. The fraction of sp³-hybridized carbons (Fsp3) is 0.375. The van der Waals surface area contributed by atoms with E-state index in [0.29, 0.717) is 9.75 Å². The summed E-state index contributed by atoms with van der Waals surface area (Å²) in [6, 6.07) is 28.3. The third kappa shape index (κ3) is 6.05. The van der Waals surface area contributed by atoms with Crippen LogP contribution in [0.2, 0.25) is 5.04 Å².